The van der Waals surface area contributed by atoms with E-state index in [0.29, 0.717) is 36.8 Å². The summed E-state index contributed by atoms with van der Waals surface area (Å²) in [4.78, 5) is 0. The third kappa shape index (κ3) is 5.30. The van der Waals surface area contributed by atoms with Gasteiger partial charge in [0, 0.05) is 24.0 Å². The van der Waals surface area contributed by atoms with E-state index >= 15 is 0 Å². The Labute approximate surface area is 125 Å². The van der Waals surface area contributed by atoms with Crippen molar-refractivity contribution in [1.29, 1.82) is 0 Å². The van der Waals surface area contributed by atoms with Crippen molar-refractivity contribution in [2.75, 3.05) is 18.2 Å². The Morgan fingerprint density at radius 3 is 2.47 bits per heavy atom. The molecule has 0 aliphatic carbocycles. The van der Waals surface area contributed by atoms with E-state index in [0.717, 1.165) is 5.56 Å². The maximum absolute atomic E-state index is 12.2. The second-order valence-electron chi connectivity index (χ2n) is 4.23. The van der Waals surface area contributed by atoms with Crippen LogP contribution in [0.2, 0.25) is 5.02 Å². The summed E-state index contributed by atoms with van der Waals surface area (Å²) < 4.78 is 25.8. The van der Waals surface area contributed by atoms with E-state index in [2.05, 4.69) is 0 Å². The molecule has 0 aliphatic heterocycles. The number of benzene rings is 1. The minimum absolute atomic E-state index is 0.137. The molecule has 0 radical (unpaired) electrons. The first kappa shape index (κ1) is 16.8. The number of nitrogens with zero attached hydrogens (tertiary/aromatic N) is 1. The molecule has 6 heteroatoms. The fourth-order valence-electron chi connectivity index (χ4n) is 1.73. The van der Waals surface area contributed by atoms with E-state index in [4.69, 9.17) is 23.2 Å². The lowest BCUT2D eigenvalue weighted by Crippen LogP contribution is -2.32. The Bertz CT molecular complexity index is 491. The molecule has 0 fully saturated rings. The third-order valence-corrected chi connectivity index (χ3v) is 5.45. The molecular formula is C13H19Cl2NO2S. The van der Waals surface area contributed by atoms with Gasteiger partial charge in [0.05, 0.1) is 5.75 Å². The first-order valence-corrected chi connectivity index (χ1v) is 8.80. The molecule has 0 saturated heterocycles. The molecule has 19 heavy (non-hydrogen) atoms. The number of unbranched alkanes of at least 4 members (excludes halogenated alkanes) is 1. The summed E-state index contributed by atoms with van der Waals surface area (Å²) >= 11 is 11.6. The first-order chi connectivity index (χ1) is 9.01. The van der Waals surface area contributed by atoms with Gasteiger partial charge in [-0.05, 0) is 24.5 Å². The van der Waals surface area contributed by atoms with Gasteiger partial charge in [-0.2, -0.15) is 4.31 Å². The number of halogens is 2. The van der Waals surface area contributed by atoms with Gasteiger partial charge in [0.15, 0.2) is 0 Å². The van der Waals surface area contributed by atoms with E-state index < -0.39 is 10.0 Å². The number of rotatable bonds is 8. The summed E-state index contributed by atoms with van der Waals surface area (Å²) in [5, 5.41) is 0.594. The van der Waals surface area contributed by atoms with E-state index in [1.807, 2.05) is 25.1 Å². The molecule has 0 heterocycles. The highest BCUT2D eigenvalue weighted by Crippen LogP contribution is 2.19. The van der Waals surface area contributed by atoms with Crippen molar-refractivity contribution in [3.8, 4) is 0 Å². The summed E-state index contributed by atoms with van der Waals surface area (Å²) in [6.07, 6.45) is 1.30. The van der Waals surface area contributed by atoms with Crippen LogP contribution < -0.4 is 0 Å². The molecule has 0 N–H and O–H groups in total. The lowest BCUT2D eigenvalue weighted by molar-refractivity contribution is 0.422. The Morgan fingerprint density at radius 2 is 1.89 bits per heavy atom. The van der Waals surface area contributed by atoms with Crippen molar-refractivity contribution in [2.45, 2.75) is 26.3 Å². The van der Waals surface area contributed by atoms with Crippen LogP contribution in [0, 0.1) is 0 Å². The first-order valence-electron chi connectivity index (χ1n) is 6.28. The third-order valence-electron chi connectivity index (χ3n) is 2.84. The molecule has 0 saturated carbocycles. The van der Waals surface area contributed by atoms with Gasteiger partial charge in [-0.3, -0.25) is 0 Å². The van der Waals surface area contributed by atoms with Crippen molar-refractivity contribution < 1.29 is 8.42 Å². The molecule has 1 rings (SSSR count). The average molecular weight is 324 g/mol. The van der Waals surface area contributed by atoms with Crippen LogP contribution in [-0.2, 0) is 16.6 Å². The predicted molar refractivity (Wildman–Crippen MR) is 81.3 cm³/mol. The van der Waals surface area contributed by atoms with Crippen LogP contribution in [0.1, 0.15) is 25.3 Å². The molecule has 0 spiro atoms. The van der Waals surface area contributed by atoms with Gasteiger partial charge in [0.25, 0.3) is 0 Å². The zero-order valence-corrected chi connectivity index (χ0v) is 13.3. The molecule has 3 nitrogen and oxygen atoms in total. The van der Waals surface area contributed by atoms with E-state index in [-0.39, 0.29) is 5.75 Å². The summed E-state index contributed by atoms with van der Waals surface area (Å²) in [5.41, 5.74) is 0.826. The summed E-state index contributed by atoms with van der Waals surface area (Å²) in [6, 6.07) is 7.30. The van der Waals surface area contributed by atoms with Crippen LogP contribution in [0.4, 0.5) is 0 Å². The fraction of sp³-hybridized carbons (Fsp3) is 0.538. The Kier molecular flexibility index (Phi) is 7.15. The monoisotopic (exact) mass is 323 g/mol. The number of alkyl halides is 1. The minimum Gasteiger partial charge on any atom is -0.212 e. The SMILES string of the molecule is CCN(Cc1ccccc1Cl)S(=O)(=O)CCCCCl. The normalized spacial score (nSPS) is 12.0. The van der Waals surface area contributed by atoms with Crippen LogP contribution in [0.5, 0.6) is 0 Å². The molecular weight excluding hydrogens is 305 g/mol. The fourth-order valence-corrected chi connectivity index (χ4v) is 3.67. The zero-order valence-electron chi connectivity index (χ0n) is 11.0. The molecule has 0 amide bonds. The van der Waals surface area contributed by atoms with Gasteiger partial charge in [0.2, 0.25) is 10.0 Å². The second-order valence-corrected chi connectivity index (χ2v) is 7.10. The largest absolute Gasteiger partial charge is 0.214 e. The Balaban J connectivity index is 2.75. The average Bonchev–Trinajstić information content (AvgIpc) is 2.37. The lowest BCUT2D eigenvalue weighted by atomic mass is 10.2. The number of hydrogen-bond acceptors (Lipinski definition) is 2. The highest BCUT2D eigenvalue weighted by atomic mass is 35.5. The van der Waals surface area contributed by atoms with Crippen LogP contribution in [0.15, 0.2) is 24.3 Å². The summed E-state index contributed by atoms with van der Waals surface area (Å²) in [5.74, 6) is 0.629. The molecule has 0 bridgehead atoms. The maximum Gasteiger partial charge on any atom is 0.214 e. The van der Waals surface area contributed by atoms with Crippen molar-refractivity contribution in [3.05, 3.63) is 34.9 Å². The highest BCUT2D eigenvalue weighted by Gasteiger charge is 2.20. The summed E-state index contributed by atoms with van der Waals surface area (Å²) in [6.45, 7) is 2.59. The number of sulfonamides is 1. The van der Waals surface area contributed by atoms with Gasteiger partial charge in [-0.15, -0.1) is 11.6 Å². The summed E-state index contributed by atoms with van der Waals surface area (Å²) in [7, 11) is -3.24. The van der Waals surface area contributed by atoms with Crippen molar-refractivity contribution >= 4 is 33.2 Å². The molecule has 1 aromatic rings. The predicted octanol–water partition coefficient (Wildman–Crippen LogP) is 3.51. The Hall–Kier alpha value is -0.290. The van der Waals surface area contributed by atoms with Gasteiger partial charge in [-0.1, -0.05) is 36.7 Å². The standard InChI is InChI=1S/C13H19Cl2NO2S/c1-2-16(19(17,18)10-6-5-9-14)11-12-7-3-4-8-13(12)15/h3-4,7-8H,2,5-6,9-11H2,1H3. The van der Waals surface area contributed by atoms with Crippen molar-refractivity contribution in [3.63, 3.8) is 0 Å². The highest BCUT2D eigenvalue weighted by molar-refractivity contribution is 7.89. The Morgan fingerprint density at radius 1 is 1.21 bits per heavy atom. The molecule has 0 unspecified atom stereocenters. The molecule has 108 valence electrons. The molecule has 1 aromatic carbocycles. The van der Waals surface area contributed by atoms with Gasteiger partial charge < -0.3 is 0 Å². The van der Waals surface area contributed by atoms with E-state index in [1.165, 1.54) is 4.31 Å². The topological polar surface area (TPSA) is 37.4 Å². The van der Waals surface area contributed by atoms with Crippen molar-refractivity contribution in [1.82, 2.24) is 4.31 Å². The van der Waals surface area contributed by atoms with E-state index in [1.54, 1.807) is 6.07 Å². The minimum atomic E-state index is -3.24. The van der Waals surface area contributed by atoms with Crippen LogP contribution in [-0.4, -0.2) is 30.9 Å². The van der Waals surface area contributed by atoms with Gasteiger partial charge in [0.1, 0.15) is 0 Å². The molecule has 0 aromatic heterocycles. The smallest absolute Gasteiger partial charge is 0.212 e. The van der Waals surface area contributed by atoms with Crippen LogP contribution in [0.25, 0.3) is 0 Å². The quantitative estimate of drug-likeness (QED) is 0.542. The van der Waals surface area contributed by atoms with E-state index in [9.17, 15) is 8.42 Å². The van der Waals surface area contributed by atoms with Crippen molar-refractivity contribution in [2.24, 2.45) is 0 Å². The molecule has 0 atom stereocenters. The van der Waals surface area contributed by atoms with Gasteiger partial charge >= 0.3 is 0 Å². The number of hydrogen-bond donors (Lipinski definition) is 0. The van der Waals surface area contributed by atoms with Crippen LogP contribution in [0.3, 0.4) is 0 Å². The zero-order chi connectivity index (χ0) is 14.3. The lowest BCUT2D eigenvalue weighted by Gasteiger charge is -2.21. The second kappa shape index (κ2) is 8.10. The van der Waals surface area contributed by atoms with Crippen LogP contribution >= 0.6 is 23.2 Å². The molecule has 0 aliphatic rings. The maximum atomic E-state index is 12.2. The van der Waals surface area contributed by atoms with Gasteiger partial charge in [-0.25, -0.2) is 8.42 Å².